The number of fused-ring (bicyclic) bond motifs is 1. The van der Waals surface area contributed by atoms with Gasteiger partial charge in [-0.2, -0.15) is 4.31 Å². The van der Waals surface area contributed by atoms with Crippen LogP contribution in [0, 0.1) is 5.82 Å². The monoisotopic (exact) mass is 384 g/mol. The number of ether oxygens (including phenoxy) is 1. The first-order chi connectivity index (χ1) is 12.3. The summed E-state index contributed by atoms with van der Waals surface area (Å²) in [6.07, 6.45) is 0.389. The van der Waals surface area contributed by atoms with Gasteiger partial charge in [-0.15, -0.1) is 5.10 Å². The molecule has 26 heavy (non-hydrogen) atoms. The molecule has 1 aromatic heterocycles. The summed E-state index contributed by atoms with van der Waals surface area (Å²) >= 11 is 0. The summed E-state index contributed by atoms with van der Waals surface area (Å²) in [6, 6.07) is 2.74. The highest BCUT2D eigenvalue weighted by atomic mass is 32.2. The zero-order chi connectivity index (χ0) is 18.9. The molecule has 2 heterocycles. The highest BCUT2D eigenvalue weighted by Crippen LogP contribution is 2.26. The molecule has 0 amide bonds. The first-order valence-corrected chi connectivity index (χ1v) is 9.21. The normalized spacial score (nSPS) is 15.0. The van der Waals surface area contributed by atoms with Gasteiger partial charge in [0.1, 0.15) is 16.4 Å². The van der Waals surface area contributed by atoms with E-state index in [0.717, 1.165) is 22.1 Å². The maximum Gasteiger partial charge on any atom is 0.335 e. The molecule has 0 bridgehead atoms. The molecule has 1 aliphatic rings. The third-order valence-corrected chi connectivity index (χ3v) is 6.02. The molecule has 1 aromatic carbocycles. The minimum Gasteiger partial charge on any atom is -0.478 e. The van der Waals surface area contributed by atoms with Crippen LogP contribution in [0.4, 0.5) is 4.39 Å². The maximum atomic E-state index is 14.2. The molecular weight excluding hydrogens is 367 g/mol. The minimum atomic E-state index is -4.12. The van der Waals surface area contributed by atoms with Crippen molar-refractivity contribution < 1.29 is 27.4 Å². The Labute approximate surface area is 149 Å². The van der Waals surface area contributed by atoms with Crippen molar-refractivity contribution in [2.24, 2.45) is 0 Å². The molecule has 1 aliphatic heterocycles. The van der Waals surface area contributed by atoms with E-state index in [9.17, 15) is 17.6 Å². The highest BCUT2D eigenvalue weighted by molar-refractivity contribution is 7.89. The SMILES string of the molecule is COCCn1nnc2c1CCN(S(=O)(=O)c1ccc(C(=O)O)cc1F)C2. The molecule has 0 fully saturated rings. The fourth-order valence-electron chi connectivity index (χ4n) is 2.79. The number of carboxylic acids is 1. The van der Waals surface area contributed by atoms with Gasteiger partial charge in [0.2, 0.25) is 10.0 Å². The van der Waals surface area contributed by atoms with Gasteiger partial charge < -0.3 is 9.84 Å². The summed E-state index contributed by atoms with van der Waals surface area (Å²) in [5.74, 6) is -2.43. The smallest absolute Gasteiger partial charge is 0.335 e. The minimum absolute atomic E-state index is 0.0230. The Balaban J connectivity index is 1.86. The third-order valence-electron chi connectivity index (χ3n) is 4.15. The van der Waals surface area contributed by atoms with E-state index in [4.69, 9.17) is 9.84 Å². The molecule has 3 rings (SSSR count). The summed E-state index contributed by atoms with van der Waals surface area (Å²) < 4.78 is 47.5. The number of hydrogen-bond donors (Lipinski definition) is 1. The number of carboxylic acid groups (broad SMARTS) is 1. The van der Waals surface area contributed by atoms with E-state index >= 15 is 0 Å². The molecule has 0 radical (unpaired) electrons. The van der Waals surface area contributed by atoms with Crippen molar-refractivity contribution in [2.45, 2.75) is 24.4 Å². The molecule has 0 saturated heterocycles. The van der Waals surface area contributed by atoms with Crippen molar-refractivity contribution in [3.8, 4) is 0 Å². The molecule has 0 spiro atoms. The average Bonchev–Trinajstić information content (AvgIpc) is 3.01. The number of aromatic nitrogens is 3. The third kappa shape index (κ3) is 3.32. The van der Waals surface area contributed by atoms with Crippen LogP contribution in [0.25, 0.3) is 0 Å². The van der Waals surface area contributed by atoms with Crippen LogP contribution in [0.5, 0.6) is 0 Å². The van der Waals surface area contributed by atoms with Gasteiger partial charge in [-0.3, -0.25) is 0 Å². The van der Waals surface area contributed by atoms with E-state index in [1.165, 1.54) is 0 Å². The Morgan fingerprint density at radius 1 is 1.42 bits per heavy atom. The van der Waals surface area contributed by atoms with Crippen LogP contribution in [-0.4, -0.2) is 59.1 Å². The number of rotatable bonds is 6. The standard InChI is InChI=1S/C15H17FN4O5S/c1-25-7-6-20-13-4-5-19(9-12(13)17-18-20)26(23,24)14-3-2-10(15(21)22)8-11(14)16/h2-3,8H,4-7,9H2,1H3,(H,21,22). The predicted molar refractivity (Wildman–Crippen MR) is 86.6 cm³/mol. The van der Waals surface area contributed by atoms with Gasteiger partial charge in [0.25, 0.3) is 0 Å². The molecule has 9 nitrogen and oxygen atoms in total. The van der Waals surface area contributed by atoms with E-state index in [0.29, 0.717) is 31.3 Å². The van der Waals surface area contributed by atoms with Crippen LogP contribution in [0.15, 0.2) is 23.1 Å². The lowest BCUT2D eigenvalue weighted by Crippen LogP contribution is -2.37. The summed E-state index contributed by atoms with van der Waals surface area (Å²) in [5, 5.41) is 16.9. The van der Waals surface area contributed by atoms with Crippen LogP contribution in [0.3, 0.4) is 0 Å². The van der Waals surface area contributed by atoms with Crippen LogP contribution in [-0.2, 0) is 34.3 Å². The molecule has 0 aliphatic carbocycles. The van der Waals surface area contributed by atoms with E-state index in [1.807, 2.05) is 0 Å². The van der Waals surface area contributed by atoms with Crippen LogP contribution < -0.4 is 0 Å². The predicted octanol–water partition coefficient (Wildman–Crippen LogP) is 0.509. The largest absolute Gasteiger partial charge is 0.478 e. The zero-order valence-electron chi connectivity index (χ0n) is 13.9. The molecule has 0 saturated carbocycles. The maximum absolute atomic E-state index is 14.2. The van der Waals surface area contributed by atoms with Gasteiger partial charge in [0.15, 0.2) is 0 Å². The van der Waals surface area contributed by atoms with Crippen LogP contribution in [0.2, 0.25) is 0 Å². The molecule has 1 N–H and O–H groups in total. The number of halogens is 1. The molecule has 11 heteroatoms. The summed E-state index contributed by atoms with van der Waals surface area (Å²) in [7, 11) is -2.55. The van der Waals surface area contributed by atoms with Gasteiger partial charge in [-0.1, -0.05) is 5.21 Å². The second-order valence-corrected chi connectivity index (χ2v) is 7.64. The highest BCUT2D eigenvalue weighted by Gasteiger charge is 2.33. The van der Waals surface area contributed by atoms with Gasteiger partial charge in [0, 0.05) is 20.1 Å². The van der Waals surface area contributed by atoms with E-state index in [1.54, 1.807) is 11.8 Å². The summed E-state index contributed by atoms with van der Waals surface area (Å²) in [4.78, 5) is 10.3. The molecule has 0 unspecified atom stereocenters. The van der Waals surface area contributed by atoms with Crippen molar-refractivity contribution in [1.29, 1.82) is 0 Å². The van der Waals surface area contributed by atoms with E-state index in [2.05, 4.69) is 10.3 Å². The van der Waals surface area contributed by atoms with Crippen molar-refractivity contribution in [3.63, 3.8) is 0 Å². The Hall–Kier alpha value is -2.37. The second kappa shape index (κ2) is 7.09. The fourth-order valence-corrected chi connectivity index (χ4v) is 4.23. The topological polar surface area (TPSA) is 115 Å². The van der Waals surface area contributed by atoms with Crippen molar-refractivity contribution >= 4 is 16.0 Å². The fraction of sp³-hybridized carbons (Fsp3) is 0.400. The number of sulfonamides is 1. The number of benzene rings is 1. The quantitative estimate of drug-likeness (QED) is 0.772. The summed E-state index contributed by atoms with van der Waals surface area (Å²) in [5.41, 5.74) is 1.03. The van der Waals surface area contributed by atoms with Crippen molar-refractivity contribution in [1.82, 2.24) is 19.3 Å². The molecule has 2 aromatic rings. The number of carbonyl (C=O) groups is 1. The van der Waals surface area contributed by atoms with Crippen LogP contribution >= 0.6 is 0 Å². The second-order valence-electron chi connectivity index (χ2n) is 5.74. The van der Waals surface area contributed by atoms with Gasteiger partial charge in [-0.05, 0) is 18.2 Å². The Kier molecular flexibility index (Phi) is 5.03. The lowest BCUT2D eigenvalue weighted by molar-refractivity contribution is 0.0696. The molecule has 140 valence electrons. The Morgan fingerprint density at radius 3 is 2.85 bits per heavy atom. The lowest BCUT2D eigenvalue weighted by atomic mass is 10.2. The summed E-state index contributed by atoms with van der Waals surface area (Å²) in [6.45, 7) is 1.09. The van der Waals surface area contributed by atoms with Gasteiger partial charge in [0.05, 0.1) is 31.0 Å². The number of aromatic carboxylic acids is 1. The first kappa shape index (κ1) is 18.4. The average molecular weight is 384 g/mol. The van der Waals surface area contributed by atoms with E-state index in [-0.39, 0.29) is 18.7 Å². The number of hydrogen-bond acceptors (Lipinski definition) is 6. The van der Waals surface area contributed by atoms with Crippen molar-refractivity contribution in [3.05, 3.63) is 41.0 Å². The Morgan fingerprint density at radius 2 is 2.19 bits per heavy atom. The van der Waals surface area contributed by atoms with Crippen LogP contribution in [0.1, 0.15) is 21.7 Å². The van der Waals surface area contributed by atoms with Gasteiger partial charge in [-0.25, -0.2) is 22.3 Å². The number of methoxy groups -OCH3 is 1. The zero-order valence-corrected chi connectivity index (χ0v) is 14.7. The lowest BCUT2D eigenvalue weighted by Gasteiger charge is -2.26. The van der Waals surface area contributed by atoms with Gasteiger partial charge >= 0.3 is 5.97 Å². The Bertz CT molecular complexity index is 944. The number of nitrogens with zero attached hydrogens (tertiary/aromatic N) is 4. The first-order valence-electron chi connectivity index (χ1n) is 7.77. The molecule has 0 atom stereocenters. The van der Waals surface area contributed by atoms with E-state index < -0.39 is 26.7 Å². The van der Waals surface area contributed by atoms with Crippen molar-refractivity contribution in [2.75, 3.05) is 20.3 Å². The molecular formula is C15H17FN4O5S.